The Balaban J connectivity index is 0.000000125. The molecule has 0 heterocycles. The molecule has 0 N–H and O–H groups in total. The lowest BCUT2D eigenvalue weighted by atomic mass is 9.82. The maximum atomic E-state index is 2.35. The highest BCUT2D eigenvalue weighted by Crippen LogP contribution is 2.51. The van der Waals surface area contributed by atoms with Gasteiger partial charge < -0.3 is 14.7 Å². The van der Waals surface area contributed by atoms with Crippen molar-refractivity contribution in [2.45, 2.75) is 38.5 Å². The fourth-order valence-electron chi connectivity index (χ4n) is 9.74. The molecule has 2 aliphatic rings. The van der Waals surface area contributed by atoms with E-state index in [2.05, 4.69) is 282 Å². The Labute approximate surface area is 392 Å². The normalized spacial score (nSPS) is 13.0. The highest BCUT2D eigenvalue weighted by Gasteiger charge is 2.36. The van der Waals surface area contributed by atoms with E-state index < -0.39 is 0 Å². The minimum atomic E-state index is 0.0550. The van der Waals surface area contributed by atoms with Gasteiger partial charge in [0.15, 0.2) is 0 Å². The standard InChI is InChI=1S/2C22H21N.C19H17N/c1-22(2)20-12-8-7-11-18(20)19-15-17(13-14-21(19)22)23(3)16-9-5-4-6-10-16;1-22(2)20-12-8-7-11-18(20)19-14-13-17(15-21(19)22)23(3)16-9-5-4-6-10-16;1-20(18-12-6-3-7-13-18)19-14-8-11-17(15-19)16-9-4-2-5-10-16/h2*4-15H,1-3H3;2-15H,1H3. The van der Waals surface area contributed by atoms with E-state index in [1.807, 2.05) is 12.1 Å². The minimum absolute atomic E-state index is 0.0550. The number of anilines is 6. The zero-order valence-electron chi connectivity index (χ0n) is 39.3. The van der Waals surface area contributed by atoms with Crippen LogP contribution in [0.2, 0.25) is 0 Å². The Morgan fingerprint density at radius 3 is 1.12 bits per heavy atom. The van der Waals surface area contributed by atoms with Crippen LogP contribution < -0.4 is 14.7 Å². The topological polar surface area (TPSA) is 9.72 Å². The Bertz CT molecular complexity index is 3060. The Kier molecular flexibility index (Phi) is 12.2. The van der Waals surface area contributed by atoms with Crippen LogP contribution in [0.4, 0.5) is 34.1 Å². The average Bonchev–Trinajstić information content (AvgIpc) is 3.76. The van der Waals surface area contributed by atoms with E-state index in [0.29, 0.717) is 0 Å². The first-order valence-electron chi connectivity index (χ1n) is 23.0. The van der Waals surface area contributed by atoms with Gasteiger partial charge in [-0.05, 0) is 128 Å². The molecular formula is C63H59N3. The number of rotatable bonds is 7. The lowest BCUT2D eigenvalue weighted by molar-refractivity contribution is 0.660. The van der Waals surface area contributed by atoms with Crippen LogP contribution in [-0.2, 0) is 10.8 Å². The highest BCUT2D eigenvalue weighted by atomic mass is 15.1. The number of hydrogen-bond donors (Lipinski definition) is 0. The van der Waals surface area contributed by atoms with Gasteiger partial charge in [0, 0.05) is 66.1 Å². The van der Waals surface area contributed by atoms with Crippen molar-refractivity contribution in [3.63, 3.8) is 0 Å². The molecule has 66 heavy (non-hydrogen) atoms. The number of nitrogens with zero attached hydrogens (tertiary/aromatic N) is 3. The monoisotopic (exact) mass is 857 g/mol. The second kappa shape index (κ2) is 18.5. The maximum Gasteiger partial charge on any atom is 0.0414 e. The van der Waals surface area contributed by atoms with Crippen LogP contribution in [-0.4, -0.2) is 21.1 Å². The number of fused-ring (bicyclic) bond motifs is 6. The molecule has 326 valence electrons. The van der Waals surface area contributed by atoms with E-state index >= 15 is 0 Å². The second-order valence-electron chi connectivity index (χ2n) is 18.4. The van der Waals surface area contributed by atoms with Gasteiger partial charge in [0.05, 0.1) is 0 Å². The second-order valence-corrected chi connectivity index (χ2v) is 18.4. The first-order chi connectivity index (χ1) is 32.0. The zero-order valence-corrected chi connectivity index (χ0v) is 39.3. The molecule has 0 fully saturated rings. The van der Waals surface area contributed by atoms with Crippen molar-refractivity contribution in [2.75, 3.05) is 35.8 Å². The van der Waals surface area contributed by atoms with E-state index in [9.17, 15) is 0 Å². The largest absolute Gasteiger partial charge is 0.345 e. The summed E-state index contributed by atoms with van der Waals surface area (Å²) in [5.41, 5.74) is 21.1. The summed E-state index contributed by atoms with van der Waals surface area (Å²) in [4.78, 5) is 6.69. The molecule has 0 saturated heterocycles. The van der Waals surface area contributed by atoms with Gasteiger partial charge in [0.2, 0.25) is 0 Å². The summed E-state index contributed by atoms with van der Waals surface area (Å²) in [5.74, 6) is 0. The molecule has 2 aliphatic carbocycles. The minimum Gasteiger partial charge on any atom is -0.345 e. The fraction of sp³-hybridized carbons (Fsp3) is 0.143. The van der Waals surface area contributed by atoms with Gasteiger partial charge in [-0.25, -0.2) is 0 Å². The lowest BCUT2D eigenvalue weighted by Crippen LogP contribution is -2.16. The summed E-state index contributed by atoms with van der Waals surface area (Å²) < 4.78 is 0. The average molecular weight is 858 g/mol. The molecular weight excluding hydrogens is 799 g/mol. The molecule has 9 aromatic rings. The fourth-order valence-corrected chi connectivity index (χ4v) is 9.74. The van der Waals surface area contributed by atoms with E-state index in [1.165, 1.54) is 89.8 Å². The van der Waals surface area contributed by atoms with E-state index in [0.717, 1.165) is 0 Å². The SMILES string of the molecule is CN(c1ccccc1)c1ccc2c(c1)-c1ccccc1C2(C)C.CN(c1ccccc1)c1ccc2c(c1)C(C)(C)c1ccccc1-2.CN(c1ccccc1)c1cccc(-c2ccccc2)c1. The molecule has 0 saturated carbocycles. The van der Waals surface area contributed by atoms with Crippen LogP contribution >= 0.6 is 0 Å². The predicted octanol–water partition coefficient (Wildman–Crippen LogP) is 16.6. The van der Waals surface area contributed by atoms with E-state index in [1.54, 1.807) is 0 Å². The van der Waals surface area contributed by atoms with Gasteiger partial charge in [-0.15, -0.1) is 0 Å². The van der Waals surface area contributed by atoms with Crippen molar-refractivity contribution in [2.24, 2.45) is 0 Å². The van der Waals surface area contributed by atoms with Crippen molar-refractivity contribution in [3.05, 3.63) is 253 Å². The molecule has 9 aromatic carbocycles. The molecule has 0 spiro atoms. The number of hydrogen-bond acceptors (Lipinski definition) is 3. The van der Waals surface area contributed by atoms with Crippen LogP contribution in [0.1, 0.15) is 49.9 Å². The van der Waals surface area contributed by atoms with Crippen LogP contribution in [0, 0.1) is 0 Å². The van der Waals surface area contributed by atoms with Crippen LogP contribution in [0.15, 0.2) is 231 Å². The third kappa shape index (κ3) is 8.53. The van der Waals surface area contributed by atoms with Gasteiger partial charge in [0.25, 0.3) is 0 Å². The van der Waals surface area contributed by atoms with Gasteiger partial charge in [-0.3, -0.25) is 0 Å². The molecule has 0 aliphatic heterocycles. The van der Waals surface area contributed by atoms with Crippen molar-refractivity contribution >= 4 is 34.1 Å². The molecule has 0 unspecified atom stereocenters. The zero-order chi connectivity index (χ0) is 45.8. The molecule has 3 heteroatoms. The van der Waals surface area contributed by atoms with Gasteiger partial charge in [0.1, 0.15) is 0 Å². The summed E-state index contributed by atoms with van der Waals surface area (Å²) >= 11 is 0. The van der Waals surface area contributed by atoms with Gasteiger partial charge >= 0.3 is 0 Å². The lowest BCUT2D eigenvalue weighted by Gasteiger charge is -2.25. The Morgan fingerprint density at radius 2 is 0.591 bits per heavy atom. The molecule has 0 amide bonds. The van der Waals surface area contributed by atoms with Crippen molar-refractivity contribution in [1.82, 2.24) is 0 Å². The quantitative estimate of drug-likeness (QED) is 0.158. The molecule has 0 radical (unpaired) electrons. The van der Waals surface area contributed by atoms with E-state index in [4.69, 9.17) is 0 Å². The summed E-state index contributed by atoms with van der Waals surface area (Å²) in [6.07, 6.45) is 0. The number of para-hydroxylation sites is 3. The third-order valence-corrected chi connectivity index (χ3v) is 13.7. The Morgan fingerprint density at radius 1 is 0.242 bits per heavy atom. The van der Waals surface area contributed by atoms with E-state index in [-0.39, 0.29) is 10.8 Å². The van der Waals surface area contributed by atoms with Crippen LogP contribution in [0.25, 0.3) is 33.4 Å². The molecule has 0 atom stereocenters. The van der Waals surface area contributed by atoms with Gasteiger partial charge in [-0.2, -0.15) is 0 Å². The molecule has 3 nitrogen and oxygen atoms in total. The third-order valence-electron chi connectivity index (χ3n) is 13.7. The van der Waals surface area contributed by atoms with Crippen molar-refractivity contribution < 1.29 is 0 Å². The number of benzene rings is 9. The smallest absolute Gasteiger partial charge is 0.0414 e. The Hall–Kier alpha value is -7.62. The first kappa shape index (κ1) is 43.6. The van der Waals surface area contributed by atoms with Crippen LogP contribution in [0.5, 0.6) is 0 Å². The highest BCUT2D eigenvalue weighted by molar-refractivity contribution is 5.85. The van der Waals surface area contributed by atoms with Crippen LogP contribution in [0.3, 0.4) is 0 Å². The van der Waals surface area contributed by atoms with Crippen molar-refractivity contribution in [3.8, 4) is 33.4 Å². The summed E-state index contributed by atoms with van der Waals surface area (Å²) in [6, 6.07) is 81.8. The summed E-state index contributed by atoms with van der Waals surface area (Å²) in [5, 5.41) is 0. The molecule has 0 aromatic heterocycles. The van der Waals surface area contributed by atoms with Crippen molar-refractivity contribution in [1.29, 1.82) is 0 Å². The maximum absolute atomic E-state index is 2.35. The van der Waals surface area contributed by atoms with Gasteiger partial charge in [-0.1, -0.05) is 185 Å². The molecule has 0 bridgehead atoms. The predicted molar refractivity (Wildman–Crippen MR) is 283 cm³/mol. The molecule has 11 rings (SSSR count). The summed E-state index contributed by atoms with van der Waals surface area (Å²) in [7, 11) is 6.36. The first-order valence-corrected chi connectivity index (χ1v) is 23.0. The summed E-state index contributed by atoms with van der Waals surface area (Å²) in [6.45, 7) is 9.28.